The molecule has 0 bridgehead atoms. The number of rotatable bonds is 3. The zero-order chi connectivity index (χ0) is 8.32. The molecule has 0 atom stereocenters. The van der Waals surface area contributed by atoms with Crippen LogP contribution in [0.2, 0.25) is 0 Å². The molecule has 0 saturated heterocycles. The van der Waals surface area contributed by atoms with Crippen molar-refractivity contribution in [1.82, 2.24) is 0 Å². The van der Waals surface area contributed by atoms with Crippen molar-refractivity contribution in [1.29, 1.82) is 0 Å². The van der Waals surface area contributed by atoms with Crippen LogP contribution in [0.1, 0.15) is 26.7 Å². The van der Waals surface area contributed by atoms with Crippen molar-refractivity contribution < 1.29 is 4.79 Å². The van der Waals surface area contributed by atoms with Gasteiger partial charge < -0.3 is 0 Å². The first kappa shape index (κ1) is 8.11. The van der Waals surface area contributed by atoms with Gasteiger partial charge in [-0.05, 0) is 12.8 Å². The maximum Gasteiger partial charge on any atom is 0.169 e. The second-order valence-electron chi connectivity index (χ2n) is 2.60. The minimum atomic E-state index is -0.323. The van der Waals surface area contributed by atoms with Gasteiger partial charge in [-0.3, -0.25) is 14.8 Å². The van der Waals surface area contributed by atoms with Crippen LogP contribution in [0, 0.1) is 0 Å². The van der Waals surface area contributed by atoms with Crippen LogP contribution < -0.4 is 0 Å². The monoisotopic (exact) mass is 152 g/mol. The van der Waals surface area contributed by atoms with Gasteiger partial charge in [-0.2, -0.15) is 0 Å². The Morgan fingerprint density at radius 2 is 2.18 bits per heavy atom. The van der Waals surface area contributed by atoms with Crippen LogP contribution in [0.3, 0.4) is 0 Å². The lowest BCUT2D eigenvalue weighted by atomic mass is 10.1. The number of carbonyl (C=O) groups excluding carboxylic acids is 1. The smallest absolute Gasteiger partial charge is 0.169 e. The minimum Gasteiger partial charge on any atom is -0.296 e. The Balaban J connectivity index is 2.85. The van der Waals surface area contributed by atoms with E-state index in [0.717, 1.165) is 19.1 Å². The van der Waals surface area contributed by atoms with E-state index in [0.29, 0.717) is 5.71 Å². The number of nitrogens with zero attached hydrogens (tertiary/aromatic N) is 2. The highest BCUT2D eigenvalue weighted by Crippen LogP contribution is 2.24. The van der Waals surface area contributed by atoms with Gasteiger partial charge in [0.25, 0.3) is 0 Å². The third-order valence-corrected chi connectivity index (χ3v) is 2.03. The van der Waals surface area contributed by atoms with Crippen molar-refractivity contribution in [3.63, 3.8) is 0 Å². The highest BCUT2D eigenvalue weighted by atomic mass is 16.1. The van der Waals surface area contributed by atoms with Crippen LogP contribution in [0.4, 0.5) is 0 Å². The van der Waals surface area contributed by atoms with E-state index < -0.39 is 0 Å². The number of carbonyl (C=O) groups is 1. The maximum absolute atomic E-state index is 10.3. The van der Waals surface area contributed by atoms with Gasteiger partial charge in [-0.1, -0.05) is 13.8 Å². The van der Waals surface area contributed by atoms with Crippen molar-refractivity contribution in [3.8, 4) is 0 Å². The average Bonchev–Trinajstić information content (AvgIpc) is 2.49. The molecular formula is C8H12N2O. The molecule has 0 aromatic carbocycles. The first-order valence-corrected chi connectivity index (χ1v) is 3.86. The molecule has 1 aliphatic rings. The van der Waals surface area contributed by atoms with Crippen LogP contribution >= 0.6 is 0 Å². The van der Waals surface area contributed by atoms with Crippen LogP contribution in [-0.4, -0.2) is 23.9 Å². The molecule has 0 amide bonds. The van der Waals surface area contributed by atoms with Gasteiger partial charge in [-0.25, -0.2) is 0 Å². The Morgan fingerprint density at radius 1 is 1.55 bits per heavy atom. The molecule has 0 aromatic heterocycles. The van der Waals surface area contributed by atoms with E-state index in [2.05, 4.69) is 9.98 Å². The van der Waals surface area contributed by atoms with Crippen molar-refractivity contribution in [2.45, 2.75) is 32.4 Å². The predicted molar refractivity (Wildman–Crippen MR) is 45.3 cm³/mol. The first-order chi connectivity index (χ1) is 5.26. The molecule has 0 radical (unpaired) electrons. The zero-order valence-corrected chi connectivity index (χ0v) is 6.87. The normalized spacial score (nSPS) is 20.0. The van der Waals surface area contributed by atoms with Gasteiger partial charge in [0.1, 0.15) is 5.71 Å². The molecule has 3 nitrogen and oxygen atoms in total. The summed E-state index contributed by atoms with van der Waals surface area (Å²) in [5.41, 5.74) is 0.143. The first-order valence-electron chi connectivity index (χ1n) is 3.86. The summed E-state index contributed by atoms with van der Waals surface area (Å²) in [4.78, 5) is 18.7. The Bertz CT molecular complexity index is 214. The molecule has 11 heavy (non-hydrogen) atoms. The van der Waals surface area contributed by atoms with Gasteiger partial charge in [0.2, 0.25) is 0 Å². The molecule has 0 N–H and O–H groups in total. The van der Waals surface area contributed by atoms with E-state index in [1.165, 1.54) is 0 Å². The van der Waals surface area contributed by atoms with Gasteiger partial charge >= 0.3 is 0 Å². The number of hydrogen-bond donors (Lipinski definition) is 0. The van der Waals surface area contributed by atoms with Crippen LogP contribution in [-0.2, 0) is 4.79 Å². The molecule has 0 fully saturated rings. The molecule has 0 spiro atoms. The molecule has 0 saturated carbocycles. The lowest BCUT2D eigenvalue weighted by Gasteiger charge is -2.17. The van der Waals surface area contributed by atoms with Gasteiger partial charge in [-0.15, -0.1) is 0 Å². The predicted octanol–water partition coefficient (Wildman–Crippen LogP) is 1.23. The van der Waals surface area contributed by atoms with Crippen LogP contribution in [0.25, 0.3) is 0 Å². The average molecular weight is 152 g/mol. The SMILES string of the molecule is CCC1(CC)N=CC(C=O)=N1. The summed E-state index contributed by atoms with van der Waals surface area (Å²) < 4.78 is 0. The Hall–Kier alpha value is -0.990. The van der Waals surface area contributed by atoms with E-state index in [-0.39, 0.29) is 5.66 Å². The highest BCUT2D eigenvalue weighted by molar-refractivity contribution is 6.55. The summed E-state index contributed by atoms with van der Waals surface area (Å²) in [5, 5.41) is 0. The molecule has 60 valence electrons. The fourth-order valence-corrected chi connectivity index (χ4v) is 1.13. The summed E-state index contributed by atoms with van der Waals surface area (Å²) in [7, 11) is 0. The van der Waals surface area contributed by atoms with Crippen molar-refractivity contribution in [2.75, 3.05) is 0 Å². The second-order valence-corrected chi connectivity index (χ2v) is 2.60. The number of aliphatic imine (C=N–C) groups is 2. The molecule has 1 aliphatic heterocycles. The van der Waals surface area contributed by atoms with Gasteiger partial charge in [0, 0.05) is 0 Å². The van der Waals surface area contributed by atoms with E-state index in [1.807, 2.05) is 13.8 Å². The number of aldehydes is 1. The lowest BCUT2D eigenvalue weighted by molar-refractivity contribution is -0.102. The minimum absolute atomic E-state index is 0.323. The van der Waals surface area contributed by atoms with E-state index in [1.54, 1.807) is 6.21 Å². The molecule has 1 heterocycles. The van der Waals surface area contributed by atoms with E-state index in [4.69, 9.17) is 0 Å². The molecule has 0 unspecified atom stereocenters. The topological polar surface area (TPSA) is 41.8 Å². The fourth-order valence-electron chi connectivity index (χ4n) is 1.13. The van der Waals surface area contributed by atoms with E-state index >= 15 is 0 Å². The molecule has 1 rings (SSSR count). The third kappa shape index (κ3) is 1.37. The van der Waals surface area contributed by atoms with E-state index in [9.17, 15) is 4.79 Å². The molecule has 0 aromatic rings. The van der Waals surface area contributed by atoms with Gasteiger partial charge in [0.05, 0.1) is 6.21 Å². The van der Waals surface area contributed by atoms with Crippen molar-refractivity contribution in [2.24, 2.45) is 9.98 Å². The van der Waals surface area contributed by atoms with Crippen molar-refractivity contribution >= 4 is 18.2 Å². The largest absolute Gasteiger partial charge is 0.296 e. The second kappa shape index (κ2) is 2.95. The zero-order valence-electron chi connectivity index (χ0n) is 6.87. The van der Waals surface area contributed by atoms with Gasteiger partial charge in [0.15, 0.2) is 11.9 Å². The Kier molecular flexibility index (Phi) is 2.17. The molecular weight excluding hydrogens is 140 g/mol. The lowest BCUT2D eigenvalue weighted by Crippen LogP contribution is -2.18. The maximum atomic E-state index is 10.3. The van der Waals surface area contributed by atoms with Crippen LogP contribution in [0.15, 0.2) is 9.98 Å². The Labute approximate surface area is 66.2 Å². The summed E-state index contributed by atoms with van der Waals surface area (Å²) in [6.07, 6.45) is 4.02. The third-order valence-electron chi connectivity index (χ3n) is 2.03. The number of hydrogen-bond acceptors (Lipinski definition) is 3. The van der Waals surface area contributed by atoms with Crippen LogP contribution in [0.5, 0.6) is 0 Å². The summed E-state index contributed by atoms with van der Waals surface area (Å²) >= 11 is 0. The highest BCUT2D eigenvalue weighted by Gasteiger charge is 2.27. The summed E-state index contributed by atoms with van der Waals surface area (Å²) in [6, 6.07) is 0. The summed E-state index contributed by atoms with van der Waals surface area (Å²) in [5.74, 6) is 0. The fraction of sp³-hybridized carbons (Fsp3) is 0.625. The van der Waals surface area contributed by atoms with Crippen molar-refractivity contribution in [3.05, 3.63) is 0 Å². The summed E-state index contributed by atoms with van der Waals surface area (Å²) in [6.45, 7) is 4.05. The molecule has 3 heteroatoms. The quantitative estimate of drug-likeness (QED) is 0.561. The standard InChI is InChI=1S/C8H12N2O/c1-3-8(4-2)9-5-7(6-11)10-8/h5-6H,3-4H2,1-2H3. The Morgan fingerprint density at radius 3 is 2.45 bits per heavy atom. The molecule has 0 aliphatic carbocycles.